The van der Waals surface area contributed by atoms with Gasteiger partial charge in [-0.25, -0.2) is 0 Å². The molecule has 0 bridgehead atoms. The van der Waals surface area contributed by atoms with Crippen LogP contribution >= 0.6 is 0 Å². The highest BCUT2D eigenvalue weighted by Gasteiger charge is 2.28. The number of benzene rings is 8. The van der Waals surface area contributed by atoms with Gasteiger partial charge in [-0.05, 0) is 80.2 Å². The van der Waals surface area contributed by atoms with Crippen molar-refractivity contribution in [2.75, 3.05) is 9.80 Å². The third-order valence-corrected chi connectivity index (χ3v) is 9.99. The number of para-hydroxylation sites is 4. The number of fused-ring (bicyclic) bond motifs is 9. The lowest BCUT2D eigenvalue weighted by molar-refractivity contribution is 1.09. The maximum Gasteiger partial charge on any atom is 0.0546 e. The predicted octanol–water partition coefficient (Wildman–Crippen LogP) is 11.9. The van der Waals surface area contributed by atoms with Crippen LogP contribution in [0, 0.1) is 0 Å². The lowest BCUT2D eigenvalue weighted by atomic mass is 9.90. The highest BCUT2D eigenvalue weighted by Crippen LogP contribution is 2.51. The van der Waals surface area contributed by atoms with Gasteiger partial charge < -0.3 is 9.80 Å². The number of nitrogens with zero attached hydrogens (tertiary/aromatic N) is 2. The van der Waals surface area contributed by atoms with Crippen molar-refractivity contribution >= 4 is 66.4 Å². The number of anilines is 6. The first-order chi connectivity index (χ1) is 22.8. The molecule has 2 aliphatic heterocycles. The summed E-state index contributed by atoms with van der Waals surface area (Å²) in [5, 5.41) is 7.61. The van der Waals surface area contributed by atoms with Gasteiger partial charge in [0.25, 0.3) is 0 Å². The molecular formula is C44H30N2. The lowest BCUT2D eigenvalue weighted by Crippen LogP contribution is -2.19. The summed E-state index contributed by atoms with van der Waals surface area (Å²) in [6.07, 6.45) is 1.88. The first-order valence-electron chi connectivity index (χ1n) is 16.1. The second kappa shape index (κ2) is 9.82. The molecule has 0 saturated carbocycles. The fourth-order valence-corrected chi connectivity index (χ4v) is 8.01. The molecule has 0 aromatic heterocycles. The topological polar surface area (TPSA) is 6.48 Å². The summed E-state index contributed by atoms with van der Waals surface area (Å²) < 4.78 is 0. The van der Waals surface area contributed by atoms with Crippen molar-refractivity contribution in [3.8, 4) is 0 Å². The zero-order valence-electron chi connectivity index (χ0n) is 25.3. The van der Waals surface area contributed by atoms with E-state index in [9.17, 15) is 0 Å². The molecule has 0 unspecified atom stereocenters. The number of hydrogen-bond acceptors (Lipinski definition) is 2. The molecule has 0 radical (unpaired) electrons. The van der Waals surface area contributed by atoms with Crippen LogP contribution in [0.2, 0.25) is 0 Å². The van der Waals surface area contributed by atoms with E-state index in [1.807, 2.05) is 0 Å². The Morgan fingerprint density at radius 1 is 0.304 bits per heavy atom. The van der Waals surface area contributed by atoms with Crippen LogP contribution in [-0.4, -0.2) is 0 Å². The van der Waals surface area contributed by atoms with Gasteiger partial charge in [0.05, 0.1) is 11.4 Å². The van der Waals surface area contributed by atoms with Crippen LogP contribution in [0.25, 0.3) is 32.3 Å². The molecule has 0 saturated heterocycles. The van der Waals surface area contributed by atoms with Gasteiger partial charge in [0.15, 0.2) is 0 Å². The molecule has 2 heterocycles. The monoisotopic (exact) mass is 586 g/mol. The Morgan fingerprint density at radius 2 is 0.609 bits per heavy atom. The third kappa shape index (κ3) is 3.64. The molecular weight excluding hydrogens is 556 g/mol. The van der Waals surface area contributed by atoms with E-state index in [1.54, 1.807) is 0 Å². The van der Waals surface area contributed by atoms with Crippen LogP contribution in [0.15, 0.2) is 158 Å². The standard InChI is InChI=1S/C44H30N2/c1-9-21-38-29(13-1)25-30-14-2-10-22-39(30)45(38)42-27-33-28-43(35-18-6-8-20-37(35)44(33)36-19-7-5-17-34(36)42)46-40-23-11-3-15-31(40)26-32-16-4-12-24-41(32)46/h1-24,27-28H,25-26H2. The maximum absolute atomic E-state index is 2.50. The van der Waals surface area contributed by atoms with Gasteiger partial charge in [-0.2, -0.15) is 0 Å². The molecule has 0 atom stereocenters. The molecule has 2 nitrogen and oxygen atoms in total. The molecule has 8 aromatic rings. The Labute approximate surface area is 268 Å². The number of rotatable bonds is 2. The van der Waals surface area contributed by atoms with Gasteiger partial charge in [0, 0.05) is 46.4 Å². The van der Waals surface area contributed by atoms with Crippen molar-refractivity contribution < 1.29 is 0 Å². The van der Waals surface area contributed by atoms with Crippen LogP contribution in [-0.2, 0) is 12.8 Å². The van der Waals surface area contributed by atoms with Crippen LogP contribution in [0.3, 0.4) is 0 Å². The van der Waals surface area contributed by atoms with Crippen molar-refractivity contribution in [1.29, 1.82) is 0 Å². The van der Waals surface area contributed by atoms with E-state index in [1.165, 1.54) is 88.7 Å². The van der Waals surface area contributed by atoms with Crippen LogP contribution < -0.4 is 9.80 Å². The Bertz CT molecular complexity index is 2250. The normalized spacial score (nSPS) is 13.4. The second-order valence-corrected chi connectivity index (χ2v) is 12.5. The van der Waals surface area contributed by atoms with Gasteiger partial charge in [-0.1, -0.05) is 121 Å². The van der Waals surface area contributed by atoms with Crippen molar-refractivity contribution in [1.82, 2.24) is 0 Å². The van der Waals surface area contributed by atoms with Crippen molar-refractivity contribution in [2.45, 2.75) is 12.8 Å². The fraction of sp³-hybridized carbons (Fsp3) is 0.0455. The van der Waals surface area contributed by atoms with Crippen molar-refractivity contribution in [3.05, 3.63) is 180 Å². The van der Waals surface area contributed by atoms with Gasteiger partial charge >= 0.3 is 0 Å². The fourth-order valence-electron chi connectivity index (χ4n) is 8.01. The molecule has 0 aliphatic carbocycles. The van der Waals surface area contributed by atoms with Crippen molar-refractivity contribution in [3.63, 3.8) is 0 Å². The summed E-state index contributed by atoms with van der Waals surface area (Å²) in [5.74, 6) is 0. The van der Waals surface area contributed by atoms with Crippen LogP contribution in [0.5, 0.6) is 0 Å². The SMILES string of the molecule is c1ccc2c(c1)Cc1ccccc1N2c1cc2cc(N3c4ccccc4Cc4ccccc43)c3ccccc3c2c2ccccc12. The Morgan fingerprint density at radius 3 is 0.978 bits per heavy atom. The maximum atomic E-state index is 2.50. The van der Waals surface area contributed by atoms with E-state index in [0.29, 0.717) is 0 Å². The summed E-state index contributed by atoms with van der Waals surface area (Å²) in [6, 6.07) is 58.3. The summed E-state index contributed by atoms with van der Waals surface area (Å²) in [5.41, 5.74) is 12.9. The minimum Gasteiger partial charge on any atom is -0.309 e. The number of hydrogen-bond donors (Lipinski definition) is 0. The van der Waals surface area contributed by atoms with E-state index in [4.69, 9.17) is 0 Å². The Balaban J connectivity index is 1.32. The van der Waals surface area contributed by atoms with E-state index in [0.717, 1.165) is 12.8 Å². The van der Waals surface area contributed by atoms with E-state index < -0.39 is 0 Å². The quantitative estimate of drug-likeness (QED) is 0.186. The average Bonchev–Trinajstić information content (AvgIpc) is 3.12. The molecule has 0 fully saturated rings. The van der Waals surface area contributed by atoms with Crippen molar-refractivity contribution in [2.24, 2.45) is 0 Å². The molecule has 2 aliphatic rings. The van der Waals surface area contributed by atoms with Gasteiger partial charge in [0.2, 0.25) is 0 Å². The Kier molecular flexibility index (Phi) is 5.44. The summed E-state index contributed by atoms with van der Waals surface area (Å²) in [6.45, 7) is 0. The average molecular weight is 587 g/mol. The highest BCUT2D eigenvalue weighted by atomic mass is 15.2. The third-order valence-electron chi connectivity index (χ3n) is 9.99. The summed E-state index contributed by atoms with van der Waals surface area (Å²) in [4.78, 5) is 4.99. The molecule has 10 rings (SSSR count). The molecule has 8 aromatic carbocycles. The smallest absolute Gasteiger partial charge is 0.0546 e. The molecule has 0 spiro atoms. The largest absolute Gasteiger partial charge is 0.309 e. The minimum absolute atomic E-state index is 0.941. The zero-order chi connectivity index (χ0) is 30.2. The van der Waals surface area contributed by atoms with Crippen LogP contribution in [0.1, 0.15) is 22.3 Å². The van der Waals surface area contributed by atoms with Crippen LogP contribution in [0.4, 0.5) is 34.1 Å². The first kappa shape index (κ1) is 25.5. The van der Waals surface area contributed by atoms with E-state index in [-0.39, 0.29) is 0 Å². The minimum atomic E-state index is 0.941. The van der Waals surface area contributed by atoms with E-state index in [2.05, 4.69) is 168 Å². The summed E-state index contributed by atoms with van der Waals surface area (Å²) >= 11 is 0. The predicted molar refractivity (Wildman–Crippen MR) is 194 cm³/mol. The Hall–Kier alpha value is -5.86. The van der Waals surface area contributed by atoms with Gasteiger partial charge in [0.1, 0.15) is 0 Å². The lowest BCUT2D eigenvalue weighted by Gasteiger charge is -2.35. The molecule has 46 heavy (non-hydrogen) atoms. The molecule has 216 valence electrons. The molecule has 0 N–H and O–H groups in total. The van der Waals surface area contributed by atoms with Gasteiger partial charge in [-0.15, -0.1) is 0 Å². The summed E-state index contributed by atoms with van der Waals surface area (Å²) in [7, 11) is 0. The second-order valence-electron chi connectivity index (χ2n) is 12.5. The first-order valence-corrected chi connectivity index (χ1v) is 16.1. The zero-order valence-corrected chi connectivity index (χ0v) is 25.3. The molecule has 0 amide bonds. The van der Waals surface area contributed by atoms with E-state index >= 15 is 0 Å². The highest BCUT2D eigenvalue weighted by molar-refractivity contribution is 6.26. The molecule has 2 heteroatoms. The van der Waals surface area contributed by atoms with Gasteiger partial charge in [-0.3, -0.25) is 0 Å².